The van der Waals surface area contributed by atoms with Crippen molar-refractivity contribution in [3.8, 4) is 0 Å². The third-order valence-electron chi connectivity index (χ3n) is 1.55. The monoisotopic (exact) mass is 170 g/mol. The summed E-state index contributed by atoms with van der Waals surface area (Å²) >= 11 is 5.68. The molecule has 0 saturated heterocycles. The van der Waals surface area contributed by atoms with Gasteiger partial charge >= 0.3 is 0 Å². The van der Waals surface area contributed by atoms with Crippen molar-refractivity contribution in [2.24, 2.45) is 0 Å². The van der Waals surface area contributed by atoms with E-state index in [-0.39, 0.29) is 0 Å². The Hall–Kier alpha value is -0.630. The molecule has 1 heterocycles. The minimum Gasteiger partial charge on any atom is -0.241 e. The largest absolute Gasteiger partial charge is 0.241 e. The smallest absolute Gasteiger partial charge is 0.125 e. The molecule has 60 valence electrons. The Morgan fingerprint density at radius 1 is 1.55 bits per heavy atom. The zero-order valence-corrected chi connectivity index (χ0v) is 7.52. The second-order valence-corrected chi connectivity index (χ2v) is 2.64. The normalized spacial score (nSPS) is 10.1. The highest BCUT2D eigenvalue weighted by atomic mass is 35.5. The van der Waals surface area contributed by atoms with Crippen molar-refractivity contribution in [3.05, 3.63) is 23.3 Å². The first-order valence-corrected chi connectivity index (χ1v) is 4.18. The van der Waals surface area contributed by atoms with E-state index in [2.05, 4.69) is 16.9 Å². The van der Waals surface area contributed by atoms with Crippen LogP contribution in [0.1, 0.15) is 24.0 Å². The van der Waals surface area contributed by atoms with Crippen LogP contribution in [0.15, 0.2) is 6.20 Å². The lowest BCUT2D eigenvalue weighted by Gasteiger charge is -2.02. The van der Waals surface area contributed by atoms with Crippen molar-refractivity contribution in [1.82, 2.24) is 9.97 Å². The summed E-state index contributed by atoms with van der Waals surface area (Å²) in [6.07, 6.45) is 2.72. The Morgan fingerprint density at radius 2 is 2.27 bits per heavy atom. The zero-order chi connectivity index (χ0) is 8.27. The molecule has 1 aromatic rings. The number of nitrogens with zero attached hydrogens (tertiary/aromatic N) is 2. The molecule has 0 aliphatic carbocycles. The van der Waals surface area contributed by atoms with Crippen LogP contribution in [0.4, 0.5) is 0 Å². The fraction of sp³-hybridized carbons (Fsp3) is 0.500. The molecule has 0 unspecified atom stereocenters. The molecule has 0 aliphatic heterocycles. The van der Waals surface area contributed by atoms with Gasteiger partial charge in [-0.15, -0.1) is 11.6 Å². The van der Waals surface area contributed by atoms with Crippen LogP contribution in [0.2, 0.25) is 0 Å². The maximum Gasteiger partial charge on any atom is 0.125 e. The number of aromatic nitrogens is 2. The Morgan fingerprint density at radius 3 is 2.82 bits per heavy atom. The standard InChI is InChI=1S/C8H11ClN2/c1-3-8-7(4-9)5-10-6(2)11-8/h5H,3-4H2,1-2H3. The van der Waals surface area contributed by atoms with Gasteiger partial charge in [-0.2, -0.15) is 0 Å². The van der Waals surface area contributed by atoms with E-state index in [9.17, 15) is 0 Å². The Labute approximate surface area is 71.6 Å². The highest BCUT2D eigenvalue weighted by Gasteiger charge is 2.00. The van der Waals surface area contributed by atoms with Gasteiger partial charge in [0, 0.05) is 17.5 Å². The minimum atomic E-state index is 0.503. The second-order valence-electron chi connectivity index (χ2n) is 2.38. The van der Waals surface area contributed by atoms with Gasteiger partial charge in [0.25, 0.3) is 0 Å². The fourth-order valence-electron chi connectivity index (χ4n) is 0.960. The summed E-state index contributed by atoms with van der Waals surface area (Å²) in [5, 5.41) is 0. The van der Waals surface area contributed by atoms with E-state index in [1.807, 2.05) is 6.92 Å². The molecule has 2 nitrogen and oxygen atoms in total. The van der Waals surface area contributed by atoms with Gasteiger partial charge in [-0.05, 0) is 13.3 Å². The van der Waals surface area contributed by atoms with Crippen LogP contribution in [0.3, 0.4) is 0 Å². The third-order valence-corrected chi connectivity index (χ3v) is 1.84. The van der Waals surface area contributed by atoms with E-state index in [4.69, 9.17) is 11.6 Å². The predicted molar refractivity (Wildman–Crippen MR) is 45.7 cm³/mol. The summed E-state index contributed by atoms with van der Waals surface area (Å²) in [4.78, 5) is 8.33. The zero-order valence-electron chi connectivity index (χ0n) is 6.76. The number of alkyl halides is 1. The number of hydrogen-bond donors (Lipinski definition) is 0. The molecule has 3 heteroatoms. The Balaban J connectivity index is 3.06. The van der Waals surface area contributed by atoms with E-state index in [0.717, 1.165) is 23.5 Å². The first kappa shape index (κ1) is 8.47. The summed E-state index contributed by atoms with van der Waals surface area (Å²) in [6.45, 7) is 3.95. The topological polar surface area (TPSA) is 25.8 Å². The van der Waals surface area contributed by atoms with E-state index < -0.39 is 0 Å². The van der Waals surface area contributed by atoms with Gasteiger partial charge in [-0.3, -0.25) is 0 Å². The highest BCUT2D eigenvalue weighted by molar-refractivity contribution is 6.17. The maximum atomic E-state index is 5.68. The van der Waals surface area contributed by atoms with Crippen molar-refractivity contribution in [2.45, 2.75) is 26.1 Å². The Kier molecular flexibility index (Phi) is 2.83. The van der Waals surface area contributed by atoms with Gasteiger partial charge in [0.2, 0.25) is 0 Å². The summed E-state index contributed by atoms with van der Waals surface area (Å²) in [5.74, 6) is 1.32. The molecule has 0 N–H and O–H groups in total. The minimum absolute atomic E-state index is 0.503. The van der Waals surface area contributed by atoms with Crippen molar-refractivity contribution in [2.75, 3.05) is 0 Å². The SMILES string of the molecule is CCc1nc(C)ncc1CCl. The molecule has 0 fully saturated rings. The van der Waals surface area contributed by atoms with Gasteiger partial charge in [0.1, 0.15) is 5.82 Å². The number of halogens is 1. The van der Waals surface area contributed by atoms with E-state index >= 15 is 0 Å². The van der Waals surface area contributed by atoms with Gasteiger partial charge in [0.05, 0.1) is 5.88 Å². The summed E-state index contributed by atoms with van der Waals surface area (Å²) in [5.41, 5.74) is 2.10. The molecule has 0 amide bonds. The second kappa shape index (κ2) is 3.67. The molecule has 1 aromatic heterocycles. The van der Waals surface area contributed by atoms with E-state index in [0.29, 0.717) is 5.88 Å². The van der Waals surface area contributed by atoms with Crippen LogP contribution in [0.25, 0.3) is 0 Å². The highest BCUT2D eigenvalue weighted by Crippen LogP contribution is 2.08. The molecular weight excluding hydrogens is 160 g/mol. The molecule has 11 heavy (non-hydrogen) atoms. The average Bonchev–Trinajstić information content (AvgIpc) is 2.04. The lowest BCUT2D eigenvalue weighted by Crippen LogP contribution is -1.98. The molecule has 0 atom stereocenters. The lowest BCUT2D eigenvalue weighted by molar-refractivity contribution is 0.920. The van der Waals surface area contributed by atoms with Crippen LogP contribution in [-0.4, -0.2) is 9.97 Å². The van der Waals surface area contributed by atoms with Crippen LogP contribution in [-0.2, 0) is 12.3 Å². The van der Waals surface area contributed by atoms with Gasteiger partial charge in [-0.25, -0.2) is 9.97 Å². The fourth-order valence-corrected chi connectivity index (χ4v) is 1.18. The quantitative estimate of drug-likeness (QED) is 0.636. The summed E-state index contributed by atoms with van der Waals surface area (Å²) in [7, 11) is 0. The van der Waals surface area contributed by atoms with Crippen LogP contribution < -0.4 is 0 Å². The summed E-state index contributed by atoms with van der Waals surface area (Å²) in [6, 6.07) is 0. The average molecular weight is 171 g/mol. The first-order valence-electron chi connectivity index (χ1n) is 3.65. The van der Waals surface area contributed by atoms with Gasteiger partial charge < -0.3 is 0 Å². The van der Waals surface area contributed by atoms with Crippen LogP contribution >= 0.6 is 11.6 Å². The van der Waals surface area contributed by atoms with Gasteiger partial charge in [0.15, 0.2) is 0 Å². The number of aryl methyl sites for hydroxylation is 2. The molecule has 0 spiro atoms. The first-order chi connectivity index (χ1) is 5.27. The third kappa shape index (κ3) is 1.90. The molecule has 1 rings (SSSR count). The van der Waals surface area contributed by atoms with Crippen LogP contribution in [0, 0.1) is 6.92 Å². The van der Waals surface area contributed by atoms with E-state index in [1.54, 1.807) is 6.20 Å². The van der Waals surface area contributed by atoms with Crippen LogP contribution in [0.5, 0.6) is 0 Å². The molecule has 0 aromatic carbocycles. The van der Waals surface area contributed by atoms with Crippen molar-refractivity contribution >= 4 is 11.6 Å². The molecule has 0 saturated carbocycles. The summed E-state index contributed by atoms with van der Waals surface area (Å²) < 4.78 is 0. The molecule has 0 radical (unpaired) electrons. The Bertz CT molecular complexity index is 248. The molecule has 0 bridgehead atoms. The molecule has 0 aliphatic rings. The van der Waals surface area contributed by atoms with Crippen molar-refractivity contribution < 1.29 is 0 Å². The number of rotatable bonds is 2. The lowest BCUT2D eigenvalue weighted by atomic mass is 10.2. The predicted octanol–water partition coefficient (Wildman–Crippen LogP) is 2.09. The van der Waals surface area contributed by atoms with Gasteiger partial charge in [-0.1, -0.05) is 6.92 Å². The number of hydrogen-bond acceptors (Lipinski definition) is 2. The van der Waals surface area contributed by atoms with Crippen molar-refractivity contribution in [1.29, 1.82) is 0 Å². The molecular formula is C8H11ClN2. The maximum absolute atomic E-state index is 5.68. The van der Waals surface area contributed by atoms with E-state index in [1.165, 1.54) is 0 Å². The van der Waals surface area contributed by atoms with Crippen molar-refractivity contribution in [3.63, 3.8) is 0 Å².